The van der Waals surface area contributed by atoms with E-state index in [1.165, 1.54) is 0 Å². The van der Waals surface area contributed by atoms with E-state index in [2.05, 4.69) is 28.9 Å². The van der Waals surface area contributed by atoms with Gasteiger partial charge < -0.3 is 5.32 Å². The van der Waals surface area contributed by atoms with Gasteiger partial charge in [-0.05, 0) is 31.4 Å². The van der Waals surface area contributed by atoms with Crippen molar-refractivity contribution in [2.24, 2.45) is 5.92 Å². The molecule has 21 heavy (non-hydrogen) atoms. The summed E-state index contributed by atoms with van der Waals surface area (Å²) in [7, 11) is -3.60. The molecule has 0 bridgehead atoms. The maximum atomic E-state index is 12.6. The number of imidazole rings is 1. The van der Waals surface area contributed by atoms with Crippen LogP contribution in [0.25, 0.3) is 5.65 Å². The standard InChI is InChI=1S/C14H22N4O2S/c1-4-15-13-14(18-10-6-5-7-12(18)17-13)21(19,20)16-9-8-11(2)3/h5-7,10-11,15-16H,4,8-9H2,1-3H3. The van der Waals surface area contributed by atoms with Crippen LogP contribution in [0.1, 0.15) is 27.2 Å². The fourth-order valence-electron chi connectivity index (χ4n) is 2.06. The molecule has 0 aromatic carbocycles. The molecule has 6 nitrogen and oxygen atoms in total. The summed E-state index contributed by atoms with van der Waals surface area (Å²) < 4.78 is 29.4. The predicted octanol–water partition coefficient (Wildman–Crippen LogP) is 2.09. The lowest BCUT2D eigenvalue weighted by Gasteiger charge is -2.10. The monoisotopic (exact) mass is 310 g/mol. The average molecular weight is 310 g/mol. The van der Waals surface area contributed by atoms with Crippen LogP contribution >= 0.6 is 0 Å². The summed E-state index contributed by atoms with van der Waals surface area (Å²) in [6.45, 7) is 7.07. The number of anilines is 1. The van der Waals surface area contributed by atoms with Crippen LogP contribution in [0.2, 0.25) is 0 Å². The average Bonchev–Trinajstić information content (AvgIpc) is 2.77. The minimum absolute atomic E-state index is 0.170. The van der Waals surface area contributed by atoms with E-state index in [9.17, 15) is 8.42 Å². The van der Waals surface area contributed by atoms with Crippen LogP contribution in [-0.4, -0.2) is 30.9 Å². The Bertz CT molecular complexity index is 707. The highest BCUT2D eigenvalue weighted by molar-refractivity contribution is 7.89. The van der Waals surface area contributed by atoms with Crippen molar-refractivity contribution in [3.05, 3.63) is 24.4 Å². The van der Waals surface area contributed by atoms with Gasteiger partial charge in [-0.2, -0.15) is 0 Å². The van der Waals surface area contributed by atoms with E-state index in [0.717, 1.165) is 6.42 Å². The first-order valence-electron chi connectivity index (χ1n) is 7.16. The van der Waals surface area contributed by atoms with Crippen molar-refractivity contribution in [2.45, 2.75) is 32.2 Å². The normalized spacial score (nSPS) is 12.2. The van der Waals surface area contributed by atoms with Gasteiger partial charge in [0, 0.05) is 19.3 Å². The second kappa shape index (κ2) is 6.44. The molecule has 2 rings (SSSR count). The van der Waals surface area contributed by atoms with Gasteiger partial charge in [-0.25, -0.2) is 18.1 Å². The zero-order chi connectivity index (χ0) is 15.5. The molecule has 7 heteroatoms. The molecule has 2 aromatic rings. The molecular weight excluding hydrogens is 288 g/mol. The molecule has 0 radical (unpaired) electrons. The molecular formula is C14H22N4O2S. The molecule has 2 aromatic heterocycles. The molecule has 116 valence electrons. The van der Waals surface area contributed by atoms with E-state index >= 15 is 0 Å². The molecule has 0 aliphatic heterocycles. The van der Waals surface area contributed by atoms with Crippen LogP contribution in [0, 0.1) is 5.92 Å². The first-order valence-corrected chi connectivity index (χ1v) is 8.64. The number of rotatable bonds is 7. The van der Waals surface area contributed by atoms with Crippen LogP contribution in [0.5, 0.6) is 0 Å². The van der Waals surface area contributed by atoms with Gasteiger partial charge in [-0.3, -0.25) is 4.40 Å². The van der Waals surface area contributed by atoms with Gasteiger partial charge in [0.2, 0.25) is 0 Å². The molecule has 0 spiro atoms. The molecule has 0 aliphatic carbocycles. The van der Waals surface area contributed by atoms with Gasteiger partial charge in [-0.15, -0.1) is 0 Å². The SMILES string of the molecule is CCNc1nc2ccccn2c1S(=O)(=O)NCCC(C)C. The fourth-order valence-corrected chi connectivity index (χ4v) is 3.37. The Labute approximate surface area is 125 Å². The van der Waals surface area contributed by atoms with E-state index in [0.29, 0.717) is 30.5 Å². The number of fused-ring (bicyclic) bond motifs is 1. The third kappa shape index (κ3) is 3.54. The first-order chi connectivity index (χ1) is 9.95. The van der Waals surface area contributed by atoms with Crippen molar-refractivity contribution in [3.63, 3.8) is 0 Å². The van der Waals surface area contributed by atoms with Crippen LogP contribution in [0.3, 0.4) is 0 Å². The summed E-state index contributed by atoms with van der Waals surface area (Å²) in [4.78, 5) is 4.34. The van der Waals surface area contributed by atoms with Crippen LogP contribution < -0.4 is 10.0 Å². The third-order valence-electron chi connectivity index (χ3n) is 3.10. The summed E-state index contributed by atoms with van der Waals surface area (Å²) in [5.41, 5.74) is 0.609. The number of nitrogens with one attached hydrogen (secondary N) is 2. The van der Waals surface area contributed by atoms with E-state index in [1.807, 2.05) is 13.0 Å². The number of sulfonamides is 1. The maximum Gasteiger partial charge on any atom is 0.260 e. The molecule has 0 unspecified atom stereocenters. The van der Waals surface area contributed by atoms with Crippen molar-refractivity contribution in [1.82, 2.24) is 14.1 Å². The molecule has 0 atom stereocenters. The lowest BCUT2D eigenvalue weighted by molar-refractivity contribution is 0.549. The minimum atomic E-state index is -3.60. The summed E-state index contributed by atoms with van der Waals surface area (Å²) in [5, 5.41) is 3.19. The van der Waals surface area contributed by atoms with Crippen molar-refractivity contribution >= 4 is 21.5 Å². The maximum absolute atomic E-state index is 12.6. The second-order valence-corrected chi connectivity index (χ2v) is 6.99. The van der Waals surface area contributed by atoms with Crippen molar-refractivity contribution in [3.8, 4) is 0 Å². The Balaban J connectivity index is 2.40. The van der Waals surface area contributed by atoms with Gasteiger partial charge >= 0.3 is 0 Å². The first kappa shape index (κ1) is 15.8. The lowest BCUT2D eigenvalue weighted by atomic mass is 10.1. The van der Waals surface area contributed by atoms with Crippen molar-refractivity contribution in [1.29, 1.82) is 0 Å². The Kier molecular flexibility index (Phi) is 4.84. The molecule has 2 N–H and O–H groups in total. The molecule has 0 amide bonds. The van der Waals surface area contributed by atoms with Gasteiger partial charge in [0.05, 0.1) is 0 Å². The zero-order valence-corrected chi connectivity index (χ0v) is 13.4. The van der Waals surface area contributed by atoms with Gasteiger partial charge in [-0.1, -0.05) is 19.9 Å². The molecule has 2 heterocycles. The second-order valence-electron chi connectivity index (χ2n) is 5.31. The van der Waals surface area contributed by atoms with Crippen molar-refractivity contribution in [2.75, 3.05) is 18.4 Å². The van der Waals surface area contributed by atoms with Gasteiger partial charge in [0.15, 0.2) is 10.8 Å². The Morgan fingerprint density at radius 1 is 1.33 bits per heavy atom. The quantitative estimate of drug-likeness (QED) is 0.821. The Hall–Kier alpha value is -1.60. The molecule has 0 aliphatic rings. The summed E-state index contributed by atoms with van der Waals surface area (Å²) in [6, 6.07) is 5.41. The third-order valence-corrected chi connectivity index (χ3v) is 4.58. The van der Waals surface area contributed by atoms with E-state index < -0.39 is 10.0 Å². The fraction of sp³-hybridized carbons (Fsp3) is 0.500. The number of pyridine rings is 1. The van der Waals surface area contributed by atoms with E-state index in [1.54, 1.807) is 22.7 Å². The van der Waals surface area contributed by atoms with E-state index in [4.69, 9.17) is 0 Å². The Morgan fingerprint density at radius 2 is 2.10 bits per heavy atom. The number of nitrogens with zero attached hydrogens (tertiary/aromatic N) is 2. The summed E-state index contributed by atoms with van der Waals surface area (Å²) in [6.07, 6.45) is 2.51. The molecule has 0 saturated heterocycles. The van der Waals surface area contributed by atoms with Crippen molar-refractivity contribution < 1.29 is 8.42 Å². The summed E-state index contributed by atoms with van der Waals surface area (Å²) >= 11 is 0. The highest BCUT2D eigenvalue weighted by Crippen LogP contribution is 2.22. The topological polar surface area (TPSA) is 75.5 Å². The minimum Gasteiger partial charge on any atom is -0.368 e. The van der Waals surface area contributed by atoms with Crippen LogP contribution in [-0.2, 0) is 10.0 Å². The highest BCUT2D eigenvalue weighted by Gasteiger charge is 2.24. The zero-order valence-electron chi connectivity index (χ0n) is 12.6. The predicted molar refractivity (Wildman–Crippen MR) is 84.0 cm³/mol. The van der Waals surface area contributed by atoms with E-state index in [-0.39, 0.29) is 5.03 Å². The highest BCUT2D eigenvalue weighted by atomic mass is 32.2. The van der Waals surface area contributed by atoms with Gasteiger partial charge in [0.1, 0.15) is 5.65 Å². The van der Waals surface area contributed by atoms with Crippen LogP contribution in [0.15, 0.2) is 29.4 Å². The van der Waals surface area contributed by atoms with Gasteiger partial charge in [0.25, 0.3) is 10.0 Å². The Morgan fingerprint density at radius 3 is 2.76 bits per heavy atom. The number of hydrogen-bond acceptors (Lipinski definition) is 4. The number of hydrogen-bond donors (Lipinski definition) is 2. The number of aromatic nitrogens is 2. The smallest absolute Gasteiger partial charge is 0.260 e. The molecule has 0 fully saturated rings. The largest absolute Gasteiger partial charge is 0.368 e. The molecule has 0 saturated carbocycles. The summed E-state index contributed by atoms with van der Waals surface area (Å²) in [5.74, 6) is 0.837. The van der Waals surface area contributed by atoms with Crippen LogP contribution in [0.4, 0.5) is 5.82 Å². The lowest BCUT2D eigenvalue weighted by Crippen LogP contribution is -2.27.